The minimum atomic E-state index is -0.304. The van der Waals surface area contributed by atoms with E-state index in [9.17, 15) is 4.39 Å². The first-order valence-electron chi connectivity index (χ1n) is 6.31. The van der Waals surface area contributed by atoms with Crippen LogP contribution in [0.5, 0.6) is 5.75 Å². The summed E-state index contributed by atoms with van der Waals surface area (Å²) in [6.07, 6.45) is 3.52. The van der Waals surface area contributed by atoms with Crippen molar-refractivity contribution in [1.82, 2.24) is 10.3 Å². The second-order valence-electron chi connectivity index (χ2n) is 4.63. The van der Waals surface area contributed by atoms with Gasteiger partial charge in [-0.15, -0.1) is 0 Å². The van der Waals surface area contributed by atoms with Gasteiger partial charge in [0.2, 0.25) is 0 Å². The van der Waals surface area contributed by atoms with Crippen LogP contribution in [-0.4, -0.2) is 18.1 Å². The van der Waals surface area contributed by atoms with Gasteiger partial charge >= 0.3 is 0 Å². The largest absolute Gasteiger partial charge is 0.488 e. The molecule has 2 unspecified atom stereocenters. The maximum Gasteiger partial charge on any atom is 0.146 e. The zero-order chi connectivity index (χ0) is 13.2. The number of benzene rings is 1. The number of likely N-dealkylation sites (N-methyl/N-ethyl adjacent to an activating group) is 1. The molecule has 0 spiro atoms. The van der Waals surface area contributed by atoms with Crippen molar-refractivity contribution in [2.75, 3.05) is 7.05 Å². The highest BCUT2D eigenvalue weighted by Gasteiger charge is 2.31. The Kier molecular flexibility index (Phi) is 3.17. The second kappa shape index (κ2) is 4.97. The molecular weight excluding hydrogens is 243 g/mol. The van der Waals surface area contributed by atoms with E-state index < -0.39 is 0 Å². The number of ether oxygens (including phenoxy) is 1. The van der Waals surface area contributed by atoms with Crippen LogP contribution >= 0.6 is 0 Å². The van der Waals surface area contributed by atoms with Gasteiger partial charge in [0.1, 0.15) is 17.7 Å². The van der Waals surface area contributed by atoms with Crippen molar-refractivity contribution in [3.63, 3.8) is 0 Å². The number of hydrogen-bond acceptors (Lipinski definition) is 3. The van der Waals surface area contributed by atoms with Crippen molar-refractivity contribution >= 4 is 0 Å². The van der Waals surface area contributed by atoms with Gasteiger partial charge in [0.05, 0.1) is 12.2 Å². The fourth-order valence-electron chi connectivity index (χ4n) is 2.57. The quantitative estimate of drug-likeness (QED) is 0.918. The summed E-state index contributed by atoms with van der Waals surface area (Å²) in [4.78, 5) is 3.78. The summed E-state index contributed by atoms with van der Waals surface area (Å²) in [7, 11) is 1.82. The Bertz CT molecular complexity index is 563. The van der Waals surface area contributed by atoms with Crippen LogP contribution in [0, 0.1) is 5.82 Å². The number of halogens is 1. The summed E-state index contributed by atoms with van der Waals surface area (Å²) in [5.74, 6) is 0.587. The minimum Gasteiger partial charge on any atom is -0.488 e. The Morgan fingerprint density at radius 2 is 2.21 bits per heavy atom. The topological polar surface area (TPSA) is 34.2 Å². The zero-order valence-corrected chi connectivity index (χ0v) is 10.6. The highest BCUT2D eigenvalue weighted by molar-refractivity contribution is 5.38. The van der Waals surface area contributed by atoms with Crippen LogP contribution in [0.4, 0.5) is 4.39 Å². The summed E-state index contributed by atoms with van der Waals surface area (Å²) in [5, 5.41) is 3.14. The fraction of sp³-hybridized carbons (Fsp3) is 0.267. The number of rotatable bonds is 3. The van der Waals surface area contributed by atoms with Crippen LogP contribution in [0.15, 0.2) is 42.7 Å². The minimum absolute atomic E-state index is 0.0979. The maximum absolute atomic E-state index is 13.9. The van der Waals surface area contributed by atoms with Crippen molar-refractivity contribution in [3.05, 3.63) is 59.7 Å². The van der Waals surface area contributed by atoms with Crippen molar-refractivity contribution < 1.29 is 9.13 Å². The molecule has 0 fully saturated rings. The molecule has 0 aliphatic carbocycles. The predicted molar refractivity (Wildman–Crippen MR) is 70.6 cm³/mol. The number of nitrogens with one attached hydrogen (secondary N) is 1. The molecule has 1 aliphatic heterocycles. The Labute approximate surface area is 111 Å². The van der Waals surface area contributed by atoms with Gasteiger partial charge in [0, 0.05) is 18.2 Å². The number of pyridine rings is 1. The highest BCUT2D eigenvalue weighted by Crippen LogP contribution is 2.34. The molecule has 0 saturated heterocycles. The van der Waals surface area contributed by atoms with Gasteiger partial charge in [-0.1, -0.05) is 18.2 Å². The first kappa shape index (κ1) is 12.1. The number of aromatic nitrogens is 1. The summed E-state index contributed by atoms with van der Waals surface area (Å²) in [6, 6.07) is 9.45. The molecule has 1 aliphatic rings. The van der Waals surface area contributed by atoms with E-state index in [-0.39, 0.29) is 18.0 Å². The van der Waals surface area contributed by atoms with Gasteiger partial charge < -0.3 is 10.1 Å². The Morgan fingerprint density at radius 1 is 1.37 bits per heavy atom. The van der Waals surface area contributed by atoms with Crippen LogP contribution in [0.2, 0.25) is 0 Å². The SMILES string of the molecule is CNC(c1ccncc1F)C1Cc2ccccc2O1. The number of hydrogen-bond donors (Lipinski definition) is 1. The molecule has 1 N–H and O–H groups in total. The second-order valence-corrected chi connectivity index (χ2v) is 4.63. The third kappa shape index (κ3) is 2.19. The zero-order valence-electron chi connectivity index (χ0n) is 10.6. The summed E-state index contributed by atoms with van der Waals surface area (Å²) in [5.41, 5.74) is 1.76. The van der Waals surface area contributed by atoms with Gasteiger partial charge in [-0.25, -0.2) is 4.39 Å². The lowest BCUT2D eigenvalue weighted by Crippen LogP contribution is -2.33. The molecule has 0 amide bonds. The average molecular weight is 258 g/mol. The van der Waals surface area contributed by atoms with Crippen molar-refractivity contribution in [1.29, 1.82) is 0 Å². The maximum atomic E-state index is 13.9. The lowest BCUT2D eigenvalue weighted by atomic mass is 9.98. The number of para-hydroxylation sites is 1. The van der Waals surface area contributed by atoms with Gasteiger partial charge in [-0.3, -0.25) is 4.98 Å². The molecule has 1 aromatic carbocycles. The average Bonchev–Trinajstić information content (AvgIpc) is 2.85. The molecule has 2 heterocycles. The van der Waals surface area contributed by atoms with Crippen LogP contribution < -0.4 is 10.1 Å². The molecule has 3 nitrogen and oxygen atoms in total. The first-order valence-corrected chi connectivity index (χ1v) is 6.31. The smallest absolute Gasteiger partial charge is 0.146 e. The van der Waals surface area contributed by atoms with Crippen molar-refractivity contribution in [2.45, 2.75) is 18.6 Å². The van der Waals surface area contributed by atoms with E-state index in [1.165, 1.54) is 11.8 Å². The third-order valence-electron chi connectivity index (χ3n) is 3.49. The van der Waals surface area contributed by atoms with E-state index in [4.69, 9.17) is 4.74 Å². The predicted octanol–water partition coefficient (Wildman–Crippen LogP) is 2.48. The molecule has 1 aromatic heterocycles. The Balaban J connectivity index is 1.88. The van der Waals surface area contributed by atoms with Gasteiger partial charge in [0.25, 0.3) is 0 Å². The number of nitrogens with zero attached hydrogens (tertiary/aromatic N) is 1. The summed E-state index contributed by atoms with van der Waals surface area (Å²) >= 11 is 0. The summed E-state index contributed by atoms with van der Waals surface area (Å²) < 4.78 is 19.8. The normalized spacial score (nSPS) is 18.7. The van der Waals surface area contributed by atoms with Crippen LogP contribution in [0.3, 0.4) is 0 Å². The third-order valence-corrected chi connectivity index (χ3v) is 3.49. The summed E-state index contributed by atoms with van der Waals surface area (Å²) in [6.45, 7) is 0. The van der Waals surface area contributed by atoms with E-state index in [1.807, 2.05) is 31.3 Å². The molecule has 19 heavy (non-hydrogen) atoms. The molecule has 3 rings (SSSR count). The molecular formula is C15H15FN2O. The molecule has 0 bridgehead atoms. The first-order chi connectivity index (χ1) is 9.29. The van der Waals surface area contributed by atoms with E-state index in [1.54, 1.807) is 12.3 Å². The molecule has 0 radical (unpaired) electrons. The number of fused-ring (bicyclic) bond motifs is 1. The van der Waals surface area contributed by atoms with Crippen LogP contribution in [0.1, 0.15) is 17.2 Å². The molecule has 2 aromatic rings. The van der Waals surface area contributed by atoms with E-state index in [2.05, 4.69) is 10.3 Å². The highest BCUT2D eigenvalue weighted by atomic mass is 19.1. The Morgan fingerprint density at radius 3 is 2.95 bits per heavy atom. The lowest BCUT2D eigenvalue weighted by Gasteiger charge is -2.23. The Hall–Kier alpha value is -1.94. The monoisotopic (exact) mass is 258 g/mol. The van der Waals surface area contributed by atoms with Crippen LogP contribution in [-0.2, 0) is 6.42 Å². The van der Waals surface area contributed by atoms with Crippen LogP contribution in [0.25, 0.3) is 0 Å². The van der Waals surface area contributed by atoms with Crippen molar-refractivity contribution in [2.24, 2.45) is 0 Å². The van der Waals surface area contributed by atoms with Crippen molar-refractivity contribution in [3.8, 4) is 5.75 Å². The fourth-order valence-corrected chi connectivity index (χ4v) is 2.57. The molecule has 4 heteroatoms. The van der Waals surface area contributed by atoms with E-state index >= 15 is 0 Å². The van der Waals surface area contributed by atoms with Gasteiger partial charge in [-0.05, 0) is 24.7 Å². The van der Waals surface area contributed by atoms with Gasteiger partial charge in [-0.2, -0.15) is 0 Å². The molecule has 0 saturated carbocycles. The standard InChI is InChI=1S/C15H15FN2O/c1-17-15(11-6-7-18-9-12(11)16)14-8-10-4-2-3-5-13(10)19-14/h2-7,9,14-15,17H,8H2,1H3. The van der Waals surface area contributed by atoms with E-state index in [0.717, 1.165) is 12.2 Å². The molecule has 98 valence electrons. The van der Waals surface area contributed by atoms with Gasteiger partial charge in [0.15, 0.2) is 0 Å². The molecule has 2 atom stereocenters. The lowest BCUT2D eigenvalue weighted by molar-refractivity contribution is 0.181. The van der Waals surface area contributed by atoms with E-state index in [0.29, 0.717) is 5.56 Å².